The summed E-state index contributed by atoms with van der Waals surface area (Å²) in [7, 11) is 0. The Morgan fingerprint density at radius 1 is 1.20 bits per heavy atom. The van der Waals surface area contributed by atoms with Gasteiger partial charge < -0.3 is 9.73 Å². The lowest BCUT2D eigenvalue weighted by Gasteiger charge is -2.38. The van der Waals surface area contributed by atoms with E-state index in [0.717, 1.165) is 24.8 Å². The van der Waals surface area contributed by atoms with Crippen LogP contribution in [0, 0.1) is 11.8 Å². The van der Waals surface area contributed by atoms with E-state index in [2.05, 4.69) is 11.4 Å². The number of furan rings is 1. The van der Waals surface area contributed by atoms with Crippen LogP contribution in [0.4, 0.5) is 0 Å². The van der Waals surface area contributed by atoms with E-state index in [4.69, 9.17) is 4.42 Å². The van der Waals surface area contributed by atoms with Crippen molar-refractivity contribution in [3.63, 3.8) is 0 Å². The smallest absolute Gasteiger partial charge is 0.127 e. The van der Waals surface area contributed by atoms with Gasteiger partial charge in [-0.3, -0.25) is 0 Å². The monoisotopic (exact) mass is 203 g/mol. The van der Waals surface area contributed by atoms with E-state index in [1.807, 2.05) is 6.26 Å². The second kappa shape index (κ2) is 2.67. The van der Waals surface area contributed by atoms with Crippen molar-refractivity contribution in [3.8, 4) is 0 Å². The minimum Gasteiger partial charge on any atom is -0.467 e. The van der Waals surface area contributed by atoms with Gasteiger partial charge in [0.1, 0.15) is 5.76 Å². The van der Waals surface area contributed by atoms with Crippen LogP contribution in [0.15, 0.2) is 16.7 Å². The third-order valence-corrected chi connectivity index (χ3v) is 4.38. The average molecular weight is 203 g/mol. The zero-order valence-electron chi connectivity index (χ0n) is 8.96. The SMILES string of the molecule is c1cc2c(o1)C(C1CC1)(C1CC1)NCC2. The van der Waals surface area contributed by atoms with Crippen molar-refractivity contribution in [1.82, 2.24) is 5.32 Å². The molecule has 1 N–H and O–H groups in total. The van der Waals surface area contributed by atoms with Crippen LogP contribution in [0.1, 0.15) is 37.0 Å². The van der Waals surface area contributed by atoms with Gasteiger partial charge in [0.15, 0.2) is 0 Å². The fourth-order valence-corrected chi connectivity index (χ4v) is 3.45. The normalized spacial score (nSPS) is 28.8. The Morgan fingerprint density at radius 3 is 2.60 bits per heavy atom. The lowest BCUT2D eigenvalue weighted by molar-refractivity contribution is 0.186. The number of hydrogen-bond donors (Lipinski definition) is 1. The van der Waals surface area contributed by atoms with Crippen LogP contribution in [0.5, 0.6) is 0 Å². The van der Waals surface area contributed by atoms with Gasteiger partial charge in [0.2, 0.25) is 0 Å². The zero-order chi connectivity index (χ0) is 9.88. The Balaban J connectivity index is 1.86. The summed E-state index contributed by atoms with van der Waals surface area (Å²) >= 11 is 0. The van der Waals surface area contributed by atoms with Crippen LogP contribution in [0.3, 0.4) is 0 Å². The molecular weight excluding hydrogens is 186 g/mol. The highest BCUT2D eigenvalue weighted by molar-refractivity contribution is 5.33. The summed E-state index contributed by atoms with van der Waals surface area (Å²) in [6.07, 6.45) is 8.60. The van der Waals surface area contributed by atoms with Gasteiger partial charge in [-0.25, -0.2) is 0 Å². The lowest BCUT2D eigenvalue weighted by atomic mass is 9.80. The zero-order valence-corrected chi connectivity index (χ0v) is 8.96. The largest absolute Gasteiger partial charge is 0.467 e. The molecule has 4 rings (SSSR count). The molecule has 0 bridgehead atoms. The maximum Gasteiger partial charge on any atom is 0.127 e. The molecule has 0 saturated heterocycles. The van der Waals surface area contributed by atoms with E-state index < -0.39 is 0 Å². The summed E-state index contributed by atoms with van der Waals surface area (Å²) in [6, 6.07) is 2.18. The molecule has 0 aromatic carbocycles. The third-order valence-electron chi connectivity index (χ3n) is 4.38. The predicted molar refractivity (Wildman–Crippen MR) is 57.5 cm³/mol. The van der Waals surface area contributed by atoms with E-state index >= 15 is 0 Å². The first-order chi connectivity index (χ1) is 7.41. The van der Waals surface area contributed by atoms with Crippen LogP contribution in [0.2, 0.25) is 0 Å². The fraction of sp³-hybridized carbons (Fsp3) is 0.692. The molecule has 0 unspecified atom stereocenters. The summed E-state index contributed by atoms with van der Waals surface area (Å²) < 4.78 is 5.81. The van der Waals surface area contributed by atoms with E-state index in [0.29, 0.717) is 0 Å². The number of fused-ring (bicyclic) bond motifs is 1. The van der Waals surface area contributed by atoms with E-state index in [1.54, 1.807) is 0 Å². The minimum absolute atomic E-state index is 0.247. The summed E-state index contributed by atoms with van der Waals surface area (Å²) in [4.78, 5) is 0. The van der Waals surface area contributed by atoms with Gasteiger partial charge in [-0.2, -0.15) is 0 Å². The maximum atomic E-state index is 5.81. The molecule has 0 atom stereocenters. The van der Waals surface area contributed by atoms with Crippen molar-refractivity contribution < 1.29 is 4.42 Å². The van der Waals surface area contributed by atoms with Gasteiger partial charge in [-0.1, -0.05) is 0 Å². The molecule has 1 aliphatic heterocycles. The molecule has 2 aliphatic carbocycles. The number of nitrogens with one attached hydrogen (secondary N) is 1. The molecule has 0 spiro atoms. The molecule has 15 heavy (non-hydrogen) atoms. The first kappa shape index (κ1) is 8.40. The lowest BCUT2D eigenvalue weighted by Crippen LogP contribution is -2.50. The van der Waals surface area contributed by atoms with Gasteiger partial charge in [0.25, 0.3) is 0 Å². The first-order valence-corrected chi connectivity index (χ1v) is 6.23. The van der Waals surface area contributed by atoms with Crippen molar-refractivity contribution in [2.45, 2.75) is 37.6 Å². The third kappa shape index (κ3) is 1.03. The van der Waals surface area contributed by atoms with Crippen molar-refractivity contribution in [1.29, 1.82) is 0 Å². The Labute approximate surface area is 90.0 Å². The summed E-state index contributed by atoms with van der Waals surface area (Å²) in [6.45, 7) is 1.14. The molecular formula is C13H17NO. The molecule has 0 radical (unpaired) electrons. The second-order valence-electron chi connectivity index (χ2n) is 5.37. The van der Waals surface area contributed by atoms with Gasteiger partial charge in [0.05, 0.1) is 11.8 Å². The number of rotatable bonds is 2. The molecule has 2 fully saturated rings. The summed E-state index contributed by atoms with van der Waals surface area (Å²) in [5, 5.41) is 3.81. The second-order valence-corrected chi connectivity index (χ2v) is 5.37. The van der Waals surface area contributed by atoms with E-state index in [-0.39, 0.29) is 5.54 Å². The highest BCUT2D eigenvalue weighted by atomic mass is 16.3. The molecule has 1 aromatic rings. The van der Waals surface area contributed by atoms with Crippen LogP contribution >= 0.6 is 0 Å². The molecule has 1 aromatic heterocycles. The highest BCUT2D eigenvalue weighted by Gasteiger charge is 2.58. The van der Waals surface area contributed by atoms with Crippen molar-refractivity contribution >= 4 is 0 Å². The Morgan fingerprint density at radius 2 is 1.93 bits per heavy atom. The molecule has 3 aliphatic rings. The Kier molecular flexibility index (Phi) is 1.50. The summed E-state index contributed by atoms with van der Waals surface area (Å²) in [5.74, 6) is 3.00. The van der Waals surface area contributed by atoms with Crippen LogP contribution in [-0.4, -0.2) is 6.54 Å². The van der Waals surface area contributed by atoms with Crippen LogP contribution < -0.4 is 5.32 Å². The molecule has 2 saturated carbocycles. The fourth-order valence-electron chi connectivity index (χ4n) is 3.45. The average Bonchev–Trinajstić information content (AvgIpc) is 3.13. The quantitative estimate of drug-likeness (QED) is 0.798. The van der Waals surface area contributed by atoms with Gasteiger partial charge >= 0.3 is 0 Å². The minimum atomic E-state index is 0.247. The van der Waals surface area contributed by atoms with Crippen LogP contribution in [-0.2, 0) is 12.0 Å². The Bertz CT molecular complexity index is 375. The highest BCUT2D eigenvalue weighted by Crippen LogP contribution is 2.58. The van der Waals surface area contributed by atoms with E-state index in [9.17, 15) is 0 Å². The number of hydrogen-bond acceptors (Lipinski definition) is 2. The standard InChI is InChI=1S/C13H17NO/c1-2-10(1)13(11-3-4-11)12-9(5-7-14-13)6-8-15-12/h6,8,10-11,14H,1-5,7H2. The van der Waals surface area contributed by atoms with Crippen LogP contribution in [0.25, 0.3) is 0 Å². The van der Waals surface area contributed by atoms with Gasteiger partial charge in [0, 0.05) is 6.54 Å². The van der Waals surface area contributed by atoms with Gasteiger partial charge in [-0.15, -0.1) is 0 Å². The van der Waals surface area contributed by atoms with E-state index in [1.165, 1.54) is 37.0 Å². The van der Waals surface area contributed by atoms with Crippen molar-refractivity contribution in [2.75, 3.05) is 6.54 Å². The topological polar surface area (TPSA) is 25.2 Å². The Hall–Kier alpha value is -0.760. The van der Waals surface area contributed by atoms with Crippen molar-refractivity contribution in [2.24, 2.45) is 11.8 Å². The first-order valence-electron chi connectivity index (χ1n) is 6.23. The molecule has 2 heterocycles. The van der Waals surface area contributed by atoms with Gasteiger partial charge in [-0.05, 0) is 55.6 Å². The molecule has 2 nitrogen and oxygen atoms in total. The summed E-state index contributed by atoms with van der Waals surface area (Å²) in [5.41, 5.74) is 1.71. The molecule has 2 heteroatoms. The predicted octanol–water partition coefficient (Wildman–Crippen LogP) is 2.44. The molecule has 0 amide bonds. The molecule has 80 valence electrons. The maximum absolute atomic E-state index is 5.81. The van der Waals surface area contributed by atoms with Crippen molar-refractivity contribution in [3.05, 3.63) is 23.7 Å².